The molecule has 1 N–H and O–H groups in total. The minimum Gasteiger partial charge on any atom is -0.480 e. The fraction of sp³-hybridized carbons (Fsp3) is 0.263. The van der Waals surface area contributed by atoms with Crippen molar-refractivity contribution < 1.29 is 19.4 Å². The first kappa shape index (κ1) is 17.5. The van der Waals surface area contributed by atoms with Gasteiger partial charge in [0.1, 0.15) is 12.6 Å². The predicted octanol–water partition coefficient (Wildman–Crippen LogP) is 3.94. The molecule has 0 aliphatic rings. The molecule has 126 valence electrons. The van der Waals surface area contributed by atoms with Crippen LogP contribution in [-0.4, -0.2) is 23.2 Å². The van der Waals surface area contributed by atoms with E-state index in [-0.39, 0.29) is 12.5 Å². The third kappa shape index (κ3) is 4.35. The van der Waals surface area contributed by atoms with Crippen LogP contribution < -0.4 is 4.90 Å². The largest absolute Gasteiger partial charge is 0.480 e. The quantitative estimate of drug-likeness (QED) is 0.872. The van der Waals surface area contributed by atoms with Gasteiger partial charge in [-0.3, -0.25) is 4.90 Å². The van der Waals surface area contributed by atoms with Crippen LogP contribution in [0.5, 0.6) is 0 Å². The Morgan fingerprint density at radius 2 is 1.54 bits per heavy atom. The number of hydrogen-bond donors (Lipinski definition) is 1. The molecule has 1 atom stereocenters. The van der Waals surface area contributed by atoms with Crippen molar-refractivity contribution in [3.63, 3.8) is 0 Å². The predicted molar refractivity (Wildman–Crippen MR) is 91.8 cm³/mol. The maximum atomic E-state index is 12.6. The maximum Gasteiger partial charge on any atom is 0.415 e. The molecule has 5 heteroatoms. The van der Waals surface area contributed by atoms with Crippen LogP contribution in [0.1, 0.15) is 19.4 Å². The number of rotatable bonds is 6. The molecule has 0 aliphatic heterocycles. The highest BCUT2D eigenvalue weighted by Gasteiger charge is 2.34. The van der Waals surface area contributed by atoms with Gasteiger partial charge in [-0.2, -0.15) is 0 Å². The molecule has 1 amide bonds. The minimum absolute atomic E-state index is 0.0907. The van der Waals surface area contributed by atoms with Crippen LogP contribution in [-0.2, 0) is 16.1 Å². The molecule has 0 saturated carbocycles. The number of para-hydroxylation sites is 1. The number of hydrogen-bond acceptors (Lipinski definition) is 3. The summed E-state index contributed by atoms with van der Waals surface area (Å²) in [5.74, 6) is -1.34. The average molecular weight is 327 g/mol. The molecular weight excluding hydrogens is 306 g/mol. The van der Waals surface area contributed by atoms with E-state index < -0.39 is 18.1 Å². The van der Waals surface area contributed by atoms with E-state index in [1.165, 1.54) is 4.90 Å². The Bertz CT molecular complexity index is 670. The van der Waals surface area contributed by atoms with Gasteiger partial charge in [-0.25, -0.2) is 9.59 Å². The van der Waals surface area contributed by atoms with Crippen molar-refractivity contribution in [3.8, 4) is 0 Å². The van der Waals surface area contributed by atoms with Crippen LogP contribution in [0.15, 0.2) is 60.7 Å². The number of carboxylic acid groups (broad SMARTS) is 1. The smallest absolute Gasteiger partial charge is 0.415 e. The normalized spacial score (nSPS) is 11.8. The Kier molecular flexibility index (Phi) is 5.95. The molecule has 0 saturated heterocycles. The Morgan fingerprint density at radius 3 is 2.04 bits per heavy atom. The van der Waals surface area contributed by atoms with E-state index in [1.54, 1.807) is 38.1 Å². The van der Waals surface area contributed by atoms with Crippen molar-refractivity contribution in [2.75, 3.05) is 4.90 Å². The van der Waals surface area contributed by atoms with Gasteiger partial charge in [0.2, 0.25) is 0 Å². The van der Waals surface area contributed by atoms with Crippen molar-refractivity contribution >= 4 is 17.7 Å². The Hall–Kier alpha value is -2.82. The number of anilines is 1. The van der Waals surface area contributed by atoms with Gasteiger partial charge >= 0.3 is 12.1 Å². The number of amides is 1. The molecule has 2 aromatic rings. The molecule has 0 fully saturated rings. The Balaban J connectivity index is 2.24. The second-order valence-electron chi connectivity index (χ2n) is 5.77. The highest BCUT2D eigenvalue weighted by molar-refractivity contribution is 5.95. The van der Waals surface area contributed by atoms with Gasteiger partial charge in [0.15, 0.2) is 0 Å². The summed E-state index contributed by atoms with van der Waals surface area (Å²) >= 11 is 0. The topological polar surface area (TPSA) is 66.8 Å². The monoisotopic (exact) mass is 327 g/mol. The lowest BCUT2D eigenvalue weighted by atomic mass is 10.0. The molecular formula is C19H21NO4. The maximum absolute atomic E-state index is 12.6. The highest BCUT2D eigenvalue weighted by atomic mass is 16.6. The van der Waals surface area contributed by atoms with Crippen LogP contribution in [0.25, 0.3) is 0 Å². The molecule has 24 heavy (non-hydrogen) atoms. The molecule has 5 nitrogen and oxygen atoms in total. The summed E-state index contributed by atoms with van der Waals surface area (Å²) in [5.41, 5.74) is 1.34. The summed E-state index contributed by atoms with van der Waals surface area (Å²) in [6.45, 7) is 3.62. The molecule has 0 unspecified atom stereocenters. The number of benzene rings is 2. The Labute approximate surface area is 141 Å². The van der Waals surface area contributed by atoms with Gasteiger partial charge in [-0.1, -0.05) is 62.4 Å². The van der Waals surface area contributed by atoms with Gasteiger partial charge in [0.05, 0.1) is 0 Å². The van der Waals surface area contributed by atoms with E-state index in [9.17, 15) is 14.7 Å². The fourth-order valence-corrected chi connectivity index (χ4v) is 2.45. The molecule has 2 aromatic carbocycles. The molecule has 0 spiro atoms. The third-order valence-corrected chi connectivity index (χ3v) is 3.60. The highest BCUT2D eigenvalue weighted by Crippen LogP contribution is 2.23. The summed E-state index contributed by atoms with van der Waals surface area (Å²) in [6, 6.07) is 17.0. The molecule has 0 aromatic heterocycles. The Morgan fingerprint density at radius 1 is 1.00 bits per heavy atom. The van der Waals surface area contributed by atoms with E-state index in [0.717, 1.165) is 5.56 Å². The SMILES string of the molecule is CC(C)[C@@H](C(=O)O)N(C(=O)OCc1ccccc1)c1ccccc1. The van der Waals surface area contributed by atoms with Crippen LogP contribution in [0.3, 0.4) is 0 Å². The number of carbonyl (C=O) groups excluding carboxylic acids is 1. The number of ether oxygens (including phenoxy) is 1. The van der Waals surface area contributed by atoms with Crippen molar-refractivity contribution in [1.29, 1.82) is 0 Å². The van der Waals surface area contributed by atoms with Gasteiger partial charge in [0, 0.05) is 5.69 Å². The third-order valence-electron chi connectivity index (χ3n) is 3.60. The summed E-state index contributed by atoms with van der Waals surface area (Å²) in [7, 11) is 0. The zero-order valence-electron chi connectivity index (χ0n) is 13.8. The van der Waals surface area contributed by atoms with Crippen LogP contribution in [0, 0.1) is 5.92 Å². The van der Waals surface area contributed by atoms with E-state index in [4.69, 9.17) is 4.74 Å². The van der Waals surface area contributed by atoms with Gasteiger partial charge in [-0.15, -0.1) is 0 Å². The summed E-state index contributed by atoms with van der Waals surface area (Å²) in [5, 5.41) is 9.56. The van der Waals surface area contributed by atoms with E-state index in [0.29, 0.717) is 5.69 Å². The fourth-order valence-electron chi connectivity index (χ4n) is 2.45. The van der Waals surface area contributed by atoms with Crippen LogP contribution in [0.4, 0.5) is 10.5 Å². The standard InChI is InChI=1S/C19H21NO4/c1-14(2)17(18(21)22)20(16-11-7-4-8-12-16)19(23)24-13-15-9-5-3-6-10-15/h3-12,14,17H,13H2,1-2H3,(H,21,22)/t17-/m0/s1. The van der Waals surface area contributed by atoms with E-state index in [1.807, 2.05) is 36.4 Å². The first-order valence-electron chi connectivity index (χ1n) is 7.78. The molecule has 0 bridgehead atoms. The molecule has 2 rings (SSSR count). The van der Waals surface area contributed by atoms with E-state index in [2.05, 4.69) is 0 Å². The second kappa shape index (κ2) is 8.15. The summed E-state index contributed by atoms with van der Waals surface area (Å²) in [6.07, 6.45) is -0.675. The van der Waals surface area contributed by atoms with E-state index >= 15 is 0 Å². The van der Waals surface area contributed by atoms with Crippen molar-refractivity contribution in [1.82, 2.24) is 0 Å². The summed E-state index contributed by atoms with van der Waals surface area (Å²) in [4.78, 5) is 25.5. The lowest BCUT2D eigenvalue weighted by Crippen LogP contribution is -2.48. The lowest BCUT2D eigenvalue weighted by Gasteiger charge is -2.30. The molecule has 0 radical (unpaired) electrons. The number of carboxylic acids is 1. The number of aliphatic carboxylic acids is 1. The van der Waals surface area contributed by atoms with Gasteiger partial charge < -0.3 is 9.84 Å². The molecule has 0 aliphatic carbocycles. The zero-order valence-corrected chi connectivity index (χ0v) is 13.8. The van der Waals surface area contributed by atoms with Gasteiger partial charge in [-0.05, 0) is 23.6 Å². The van der Waals surface area contributed by atoms with Crippen LogP contribution >= 0.6 is 0 Å². The average Bonchev–Trinajstić information content (AvgIpc) is 2.58. The van der Waals surface area contributed by atoms with Crippen molar-refractivity contribution in [3.05, 3.63) is 66.2 Å². The van der Waals surface area contributed by atoms with Gasteiger partial charge in [0.25, 0.3) is 0 Å². The van der Waals surface area contributed by atoms with Crippen LogP contribution in [0.2, 0.25) is 0 Å². The summed E-state index contributed by atoms with van der Waals surface area (Å²) < 4.78 is 5.35. The first-order valence-corrected chi connectivity index (χ1v) is 7.78. The number of carbonyl (C=O) groups is 2. The zero-order chi connectivity index (χ0) is 17.5. The first-order chi connectivity index (χ1) is 11.5. The minimum atomic E-state index is -1.06. The van der Waals surface area contributed by atoms with Crippen molar-refractivity contribution in [2.45, 2.75) is 26.5 Å². The number of nitrogens with zero attached hydrogens (tertiary/aromatic N) is 1. The molecule has 0 heterocycles. The van der Waals surface area contributed by atoms with Crippen molar-refractivity contribution in [2.24, 2.45) is 5.92 Å². The lowest BCUT2D eigenvalue weighted by molar-refractivity contribution is -0.139. The second-order valence-corrected chi connectivity index (χ2v) is 5.77.